The lowest BCUT2D eigenvalue weighted by atomic mass is 9.97. The summed E-state index contributed by atoms with van der Waals surface area (Å²) < 4.78 is 5.33. The van der Waals surface area contributed by atoms with Gasteiger partial charge in [0.25, 0.3) is 5.91 Å². The molecule has 7 nitrogen and oxygen atoms in total. The van der Waals surface area contributed by atoms with Crippen LogP contribution in [0.1, 0.15) is 69.3 Å². The van der Waals surface area contributed by atoms with Gasteiger partial charge in [0.15, 0.2) is 0 Å². The maximum absolute atomic E-state index is 13.0. The third kappa shape index (κ3) is 5.52. The van der Waals surface area contributed by atoms with Gasteiger partial charge in [0, 0.05) is 37.3 Å². The molecule has 164 valence electrons. The van der Waals surface area contributed by atoms with Crippen molar-refractivity contribution in [3.8, 4) is 0 Å². The van der Waals surface area contributed by atoms with E-state index in [1.165, 1.54) is 0 Å². The predicted molar refractivity (Wildman–Crippen MR) is 116 cm³/mol. The van der Waals surface area contributed by atoms with Gasteiger partial charge in [-0.25, -0.2) is 4.79 Å². The van der Waals surface area contributed by atoms with Crippen LogP contribution in [0.2, 0.25) is 0 Å². The Balaban J connectivity index is 1.66. The summed E-state index contributed by atoms with van der Waals surface area (Å²) >= 11 is 0. The second-order valence-corrected chi connectivity index (χ2v) is 9.27. The van der Waals surface area contributed by atoms with Gasteiger partial charge in [-0.2, -0.15) is 0 Å². The maximum atomic E-state index is 13.0. The van der Waals surface area contributed by atoms with Gasteiger partial charge in [0.05, 0.1) is 0 Å². The van der Waals surface area contributed by atoms with E-state index in [4.69, 9.17) is 4.74 Å². The minimum absolute atomic E-state index is 0.0143. The minimum atomic E-state index is -0.561. The Labute approximate surface area is 178 Å². The van der Waals surface area contributed by atoms with Crippen molar-refractivity contribution in [2.45, 2.75) is 71.4 Å². The van der Waals surface area contributed by atoms with Crippen molar-refractivity contribution >= 4 is 23.6 Å². The fourth-order valence-electron chi connectivity index (χ4n) is 4.32. The first kappa shape index (κ1) is 22.1. The van der Waals surface area contributed by atoms with Crippen LogP contribution in [0.3, 0.4) is 0 Å². The number of hydrogen-bond acceptors (Lipinski definition) is 4. The molecule has 1 aromatic carbocycles. The van der Waals surface area contributed by atoms with E-state index >= 15 is 0 Å². The van der Waals surface area contributed by atoms with E-state index in [0.717, 1.165) is 43.4 Å². The zero-order valence-electron chi connectivity index (χ0n) is 18.4. The summed E-state index contributed by atoms with van der Waals surface area (Å²) in [6.07, 6.45) is 4.65. The molecule has 3 rings (SSSR count). The van der Waals surface area contributed by atoms with E-state index in [1.807, 2.05) is 32.9 Å². The van der Waals surface area contributed by atoms with Crippen LogP contribution in [0.4, 0.5) is 10.5 Å². The lowest BCUT2D eigenvalue weighted by molar-refractivity contribution is -0.116. The van der Waals surface area contributed by atoms with Crippen molar-refractivity contribution in [3.05, 3.63) is 29.3 Å². The molecule has 1 aliphatic carbocycles. The predicted octanol–water partition coefficient (Wildman–Crippen LogP) is 3.41. The molecule has 0 unspecified atom stereocenters. The SMILES string of the molecule is CC(=O)N1CCc2cc(C(=O)N[C@@H](CNC(=O)OC(C)(C)C)C3CCCC3)ccc21. The first-order valence-electron chi connectivity index (χ1n) is 10.8. The molecule has 30 heavy (non-hydrogen) atoms. The van der Waals surface area contributed by atoms with Gasteiger partial charge < -0.3 is 20.3 Å². The van der Waals surface area contributed by atoms with E-state index in [1.54, 1.807) is 17.9 Å². The second kappa shape index (κ2) is 9.06. The summed E-state index contributed by atoms with van der Waals surface area (Å²) in [5.74, 6) is 0.203. The highest BCUT2D eigenvalue weighted by Gasteiger charge is 2.29. The molecule has 1 aliphatic heterocycles. The van der Waals surface area contributed by atoms with E-state index < -0.39 is 11.7 Å². The Morgan fingerprint density at radius 2 is 1.90 bits per heavy atom. The van der Waals surface area contributed by atoms with Crippen molar-refractivity contribution in [1.29, 1.82) is 0 Å². The number of fused-ring (bicyclic) bond motifs is 1. The van der Waals surface area contributed by atoms with Gasteiger partial charge >= 0.3 is 6.09 Å². The zero-order chi connectivity index (χ0) is 21.9. The highest BCUT2D eigenvalue weighted by molar-refractivity contribution is 5.98. The van der Waals surface area contributed by atoms with Crippen molar-refractivity contribution in [1.82, 2.24) is 10.6 Å². The number of nitrogens with zero attached hydrogens (tertiary/aromatic N) is 1. The first-order valence-corrected chi connectivity index (χ1v) is 10.8. The summed E-state index contributed by atoms with van der Waals surface area (Å²) in [5.41, 5.74) is 1.92. The Morgan fingerprint density at radius 3 is 2.53 bits per heavy atom. The van der Waals surface area contributed by atoms with Gasteiger partial charge in [0.1, 0.15) is 5.60 Å². The maximum Gasteiger partial charge on any atom is 0.407 e. The van der Waals surface area contributed by atoms with E-state index in [0.29, 0.717) is 24.6 Å². The topological polar surface area (TPSA) is 87.7 Å². The summed E-state index contributed by atoms with van der Waals surface area (Å²) in [7, 11) is 0. The standard InChI is InChI=1S/C23H33N3O4/c1-15(27)26-12-11-17-13-18(9-10-20(17)26)21(28)25-19(16-7-5-6-8-16)14-24-22(29)30-23(2,3)4/h9-10,13,16,19H,5-8,11-12,14H2,1-4H3,(H,24,29)(H,25,28)/t19-/m0/s1. The van der Waals surface area contributed by atoms with Gasteiger partial charge in [-0.15, -0.1) is 0 Å². The van der Waals surface area contributed by atoms with Gasteiger partial charge in [0.2, 0.25) is 5.91 Å². The molecule has 3 amide bonds. The number of anilines is 1. The molecular weight excluding hydrogens is 382 g/mol. The Hall–Kier alpha value is -2.57. The van der Waals surface area contributed by atoms with E-state index in [-0.39, 0.29) is 17.9 Å². The smallest absolute Gasteiger partial charge is 0.407 e. The van der Waals surface area contributed by atoms with Crippen LogP contribution in [0, 0.1) is 5.92 Å². The number of carbonyl (C=O) groups excluding carboxylic acids is 3. The minimum Gasteiger partial charge on any atom is -0.444 e. The normalized spacial score (nSPS) is 17.4. The highest BCUT2D eigenvalue weighted by Crippen LogP contribution is 2.30. The average Bonchev–Trinajstić information content (AvgIpc) is 3.32. The second-order valence-electron chi connectivity index (χ2n) is 9.27. The van der Waals surface area contributed by atoms with Crippen LogP contribution in [0.5, 0.6) is 0 Å². The van der Waals surface area contributed by atoms with Gasteiger partial charge in [-0.3, -0.25) is 9.59 Å². The molecule has 0 radical (unpaired) electrons. The number of benzene rings is 1. The fourth-order valence-corrected chi connectivity index (χ4v) is 4.32. The number of alkyl carbamates (subject to hydrolysis) is 1. The largest absolute Gasteiger partial charge is 0.444 e. The molecule has 0 spiro atoms. The molecule has 0 bridgehead atoms. The van der Waals surface area contributed by atoms with Crippen LogP contribution in [-0.2, 0) is 16.0 Å². The number of ether oxygens (including phenoxy) is 1. The Bertz CT molecular complexity index is 809. The number of amides is 3. The van der Waals surface area contributed by atoms with Crippen molar-refractivity contribution in [3.63, 3.8) is 0 Å². The average molecular weight is 416 g/mol. The molecule has 7 heteroatoms. The van der Waals surface area contributed by atoms with E-state index in [2.05, 4.69) is 10.6 Å². The number of nitrogens with one attached hydrogen (secondary N) is 2. The van der Waals surface area contributed by atoms with Crippen molar-refractivity contribution in [2.75, 3.05) is 18.0 Å². The third-order valence-electron chi connectivity index (χ3n) is 5.77. The number of hydrogen-bond donors (Lipinski definition) is 2. The molecule has 1 aromatic rings. The third-order valence-corrected chi connectivity index (χ3v) is 5.77. The van der Waals surface area contributed by atoms with Gasteiger partial charge in [-0.05, 0) is 69.7 Å². The van der Waals surface area contributed by atoms with E-state index in [9.17, 15) is 14.4 Å². The Morgan fingerprint density at radius 1 is 1.20 bits per heavy atom. The first-order chi connectivity index (χ1) is 14.1. The lowest BCUT2D eigenvalue weighted by Gasteiger charge is -2.26. The lowest BCUT2D eigenvalue weighted by Crippen LogP contribution is -2.48. The van der Waals surface area contributed by atoms with Gasteiger partial charge in [-0.1, -0.05) is 12.8 Å². The molecule has 1 atom stereocenters. The number of rotatable bonds is 5. The highest BCUT2D eigenvalue weighted by atomic mass is 16.6. The monoisotopic (exact) mass is 415 g/mol. The molecule has 0 aromatic heterocycles. The van der Waals surface area contributed by atoms with Crippen LogP contribution in [0.15, 0.2) is 18.2 Å². The van der Waals surface area contributed by atoms with Crippen molar-refractivity contribution in [2.24, 2.45) is 5.92 Å². The summed E-state index contributed by atoms with van der Waals surface area (Å²) in [6.45, 7) is 8.02. The van der Waals surface area contributed by atoms with Crippen LogP contribution in [0.25, 0.3) is 0 Å². The fraction of sp³-hybridized carbons (Fsp3) is 0.609. The molecular formula is C23H33N3O4. The summed E-state index contributed by atoms with van der Waals surface area (Å²) in [4.78, 5) is 38.5. The van der Waals surface area contributed by atoms with Crippen LogP contribution >= 0.6 is 0 Å². The molecule has 1 saturated carbocycles. The quantitative estimate of drug-likeness (QED) is 0.771. The summed E-state index contributed by atoms with van der Waals surface area (Å²) in [6, 6.07) is 5.35. The molecule has 0 saturated heterocycles. The molecule has 2 aliphatic rings. The zero-order valence-corrected chi connectivity index (χ0v) is 18.4. The van der Waals surface area contributed by atoms with Crippen LogP contribution < -0.4 is 15.5 Å². The number of carbonyl (C=O) groups is 3. The molecule has 1 heterocycles. The Kier molecular flexibility index (Phi) is 6.68. The van der Waals surface area contributed by atoms with Crippen LogP contribution in [-0.4, -0.2) is 42.6 Å². The molecule has 2 N–H and O–H groups in total. The summed E-state index contributed by atoms with van der Waals surface area (Å²) in [5, 5.41) is 5.94. The molecule has 1 fully saturated rings. The van der Waals surface area contributed by atoms with Crippen molar-refractivity contribution < 1.29 is 19.1 Å².